The molecule has 0 amide bonds. The highest BCUT2D eigenvalue weighted by atomic mass is 35.5. The summed E-state index contributed by atoms with van der Waals surface area (Å²) in [5.74, 6) is 0.960. The van der Waals surface area contributed by atoms with E-state index >= 15 is 0 Å². The highest BCUT2D eigenvalue weighted by Gasteiger charge is 2.10. The lowest BCUT2D eigenvalue weighted by Gasteiger charge is -2.14. The lowest BCUT2D eigenvalue weighted by molar-refractivity contribution is 0.352. The van der Waals surface area contributed by atoms with Gasteiger partial charge in [0.15, 0.2) is 11.5 Å². The van der Waals surface area contributed by atoms with Gasteiger partial charge in [0.2, 0.25) is 0 Å². The lowest BCUT2D eigenvalue weighted by atomic mass is 10.1. The number of methoxy groups -OCH3 is 2. The van der Waals surface area contributed by atoms with Gasteiger partial charge in [0.25, 0.3) is 0 Å². The molecule has 0 aliphatic carbocycles. The van der Waals surface area contributed by atoms with Crippen molar-refractivity contribution in [2.45, 2.75) is 6.54 Å². The molecule has 0 saturated heterocycles. The van der Waals surface area contributed by atoms with E-state index < -0.39 is 0 Å². The maximum Gasteiger partial charge on any atom is 0.165 e. The zero-order valence-corrected chi connectivity index (χ0v) is 12.0. The van der Waals surface area contributed by atoms with Gasteiger partial charge in [-0.05, 0) is 24.3 Å². The van der Waals surface area contributed by atoms with Crippen LogP contribution in [0.5, 0.6) is 11.5 Å². The van der Waals surface area contributed by atoms with Crippen molar-refractivity contribution >= 4 is 17.3 Å². The van der Waals surface area contributed by atoms with Crippen LogP contribution in [0, 0.1) is 5.82 Å². The van der Waals surface area contributed by atoms with Gasteiger partial charge in [0, 0.05) is 12.1 Å². The number of hydrogen-bond donors (Lipinski definition) is 1. The van der Waals surface area contributed by atoms with Gasteiger partial charge >= 0.3 is 0 Å². The molecular formula is C15H15ClFNO2. The van der Waals surface area contributed by atoms with Crippen molar-refractivity contribution in [1.29, 1.82) is 0 Å². The summed E-state index contributed by atoms with van der Waals surface area (Å²) in [5, 5.41) is 3.55. The number of halogens is 2. The molecule has 3 nitrogen and oxygen atoms in total. The molecule has 106 valence electrons. The molecule has 2 rings (SSSR count). The first kappa shape index (κ1) is 14.5. The van der Waals surface area contributed by atoms with Gasteiger partial charge in [0.05, 0.1) is 24.9 Å². The Kier molecular flexibility index (Phi) is 4.69. The first-order valence-electron chi connectivity index (χ1n) is 6.04. The molecule has 2 aromatic carbocycles. The van der Waals surface area contributed by atoms with E-state index in [0.717, 1.165) is 5.56 Å². The van der Waals surface area contributed by atoms with Crippen LogP contribution < -0.4 is 14.8 Å². The molecule has 0 bridgehead atoms. The predicted octanol–water partition coefficient (Wildman–Crippen LogP) is 4.11. The van der Waals surface area contributed by atoms with E-state index in [1.165, 1.54) is 18.2 Å². The van der Waals surface area contributed by atoms with Crippen molar-refractivity contribution in [2.24, 2.45) is 0 Å². The average molecular weight is 296 g/mol. The quantitative estimate of drug-likeness (QED) is 0.900. The van der Waals surface area contributed by atoms with E-state index in [1.54, 1.807) is 14.2 Å². The minimum atomic E-state index is -0.338. The number of benzene rings is 2. The summed E-state index contributed by atoms with van der Waals surface area (Å²) < 4.78 is 23.8. The van der Waals surface area contributed by atoms with Crippen LogP contribution >= 0.6 is 11.6 Å². The standard InChI is InChI=1S/C15H15ClFNO2/c1-19-14-5-3-4-10(15(14)20-2)9-18-13-8-11(17)6-7-12(13)16/h3-8,18H,9H2,1-2H3. The van der Waals surface area contributed by atoms with Crippen LogP contribution in [0.25, 0.3) is 0 Å². The van der Waals surface area contributed by atoms with E-state index in [9.17, 15) is 4.39 Å². The molecule has 0 radical (unpaired) electrons. The Morgan fingerprint density at radius 1 is 1.15 bits per heavy atom. The third-order valence-electron chi connectivity index (χ3n) is 2.88. The van der Waals surface area contributed by atoms with E-state index in [1.807, 2.05) is 18.2 Å². The second-order valence-corrected chi connectivity index (χ2v) is 4.54. The van der Waals surface area contributed by atoms with Crippen molar-refractivity contribution < 1.29 is 13.9 Å². The van der Waals surface area contributed by atoms with Crippen molar-refractivity contribution in [3.63, 3.8) is 0 Å². The fourth-order valence-corrected chi connectivity index (χ4v) is 2.10. The highest BCUT2D eigenvalue weighted by molar-refractivity contribution is 6.33. The lowest BCUT2D eigenvalue weighted by Crippen LogP contribution is -2.03. The molecule has 2 aromatic rings. The Bertz CT molecular complexity index is 604. The van der Waals surface area contributed by atoms with E-state index in [4.69, 9.17) is 21.1 Å². The molecule has 0 fully saturated rings. The summed E-state index contributed by atoms with van der Waals surface area (Å²) in [6, 6.07) is 9.78. The Balaban J connectivity index is 2.20. The first-order valence-corrected chi connectivity index (χ1v) is 6.42. The largest absolute Gasteiger partial charge is 0.493 e. The normalized spacial score (nSPS) is 10.2. The number of anilines is 1. The molecule has 0 aliphatic rings. The molecular weight excluding hydrogens is 281 g/mol. The minimum absolute atomic E-state index is 0.338. The highest BCUT2D eigenvalue weighted by Crippen LogP contribution is 2.31. The predicted molar refractivity (Wildman–Crippen MR) is 78.3 cm³/mol. The summed E-state index contributed by atoms with van der Waals surface area (Å²) in [6.45, 7) is 0.448. The molecule has 0 aromatic heterocycles. The van der Waals surface area contributed by atoms with Gasteiger partial charge < -0.3 is 14.8 Å². The van der Waals surface area contributed by atoms with Gasteiger partial charge in [-0.2, -0.15) is 0 Å². The van der Waals surface area contributed by atoms with Crippen LogP contribution in [-0.2, 0) is 6.54 Å². The molecule has 0 aliphatic heterocycles. The summed E-state index contributed by atoms with van der Waals surface area (Å²) in [7, 11) is 3.16. The zero-order valence-electron chi connectivity index (χ0n) is 11.2. The maximum atomic E-state index is 13.2. The molecule has 1 N–H and O–H groups in total. The van der Waals surface area contributed by atoms with Crippen molar-refractivity contribution in [3.8, 4) is 11.5 Å². The SMILES string of the molecule is COc1cccc(CNc2cc(F)ccc2Cl)c1OC. The summed E-state index contributed by atoms with van der Waals surface area (Å²) in [4.78, 5) is 0. The first-order chi connectivity index (χ1) is 9.65. The zero-order chi connectivity index (χ0) is 14.5. The average Bonchev–Trinajstić information content (AvgIpc) is 2.47. The number of rotatable bonds is 5. The number of para-hydroxylation sites is 1. The van der Waals surface area contributed by atoms with Crippen LogP contribution in [0.1, 0.15) is 5.56 Å². The summed E-state index contributed by atoms with van der Waals surface area (Å²) >= 11 is 6.01. The van der Waals surface area contributed by atoms with Gasteiger partial charge in [-0.15, -0.1) is 0 Å². The Hall–Kier alpha value is -1.94. The van der Waals surface area contributed by atoms with Gasteiger partial charge in [-0.3, -0.25) is 0 Å². The van der Waals surface area contributed by atoms with Crippen molar-refractivity contribution in [3.05, 3.63) is 52.8 Å². The second kappa shape index (κ2) is 6.48. The molecule has 0 unspecified atom stereocenters. The molecule has 20 heavy (non-hydrogen) atoms. The minimum Gasteiger partial charge on any atom is -0.493 e. The fourth-order valence-electron chi connectivity index (χ4n) is 1.92. The maximum absolute atomic E-state index is 13.2. The van der Waals surface area contributed by atoms with E-state index in [0.29, 0.717) is 28.8 Å². The van der Waals surface area contributed by atoms with Gasteiger partial charge in [-0.25, -0.2) is 4.39 Å². The second-order valence-electron chi connectivity index (χ2n) is 4.13. The van der Waals surface area contributed by atoms with Gasteiger partial charge in [-0.1, -0.05) is 23.7 Å². The topological polar surface area (TPSA) is 30.5 Å². The van der Waals surface area contributed by atoms with Gasteiger partial charge in [0.1, 0.15) is 5.82 Å². The molecule has 0 heterocycles. The fraction of sp³-hybridized carbons (Fsp3) is 0.200. The van der Waals surface area contributed by atoms with E-state index in [-0.39, 0.29) is 5.82 Å². The Morgan fingerprint density at radius 3 is 2.65 bits per heavy atom. The Labute approximate surface area is 122 Å². The van der Waals surface area contributed by atoms with Crippen LogP contribution in [0.15, 0.2) is 36.4 Å². The Morgan fingerprint density at radius 2 is 1.95 bits per heavy atom. The third-order valence-corrected chi connectivity index (χ3v) is 3.21. The summed E-state index contributed by atoms with van der Waals surface area (Å²) in [5.41, 5.74) is 1.43. The number of nitrogens with one attached hydrogen (secondary N) is 1. The third kappa shape index (κ3) is 3.14. The van der Waals surface area contributed by atoms with Crippen molar-refractivity contribution in [2.75, 3.05) is 19.5 Å². The van der Waals surface area contributed by atoms with E-state index in [2.05, 4.69) is 5.32 Å². The molecule has 0 spiro atoms. The smallest absolute Gasteiger partial charge is 0.165 e. The molecule has 0 saturated carbocycles. The number of ether oxygens (including phenoxy) is 2. The molecule has 5 heteroatoms. The monoisotopic (exact) mass is 295 g/mol. The van der Waals surface area contributed by atoms with Crippen LogP contribution in [0.3, 0.4) is 0 Å². The number of hydrogen-bond acceptors (Lipinski definition) is 3. The van der Waals surface area contributed by atoms with Crippen LogP contribution in [-0.4, -0.2) is 14.2 Å². The summed E-state index contributed by atoms with van der Waals surface area (Å²) in [6.07, 6.45) is 0. The molecule has 0 atom stereocenters. The van der Waals surface area contributed by atoms with Crippen LogP contribution in [0.4, 0.5) is 10.1 Å². The van der Waals surface area contributed by atoms with Crippen LogP contribution in [0.2, 0.25) is 5.02 Å². The van der Waals surface area contributed by atoms with Crippen molar-refractivity contribution in [1.82, 2.24) is 0 Å².